The van der Waals surface area contributed by atoms with E-state index in [4.69, 9.17) is 12.2 Å². The van der Waals surface area contributed by atoms with E-state index in [2.05, 4.69) is 10.9 Å². The van der Waals surface area contributed by atoms with Crippen molar-refractivity contribution in [3.8, 4) is 12.3 Å². The van der Waals surface area contributed by atoms with Crippen LogP contribution in [0.1, 0.15) is 31.3 Å². The number of terminal acetylenes is 1. The van der Waals surface area contributed by atoms with Crippen LogP contribution >= 0.6 is 0 Å². The summed E-state index contributed by atoms with van der Waals surface area (Å²) >= 11 is 0. The number of imidazole rings is 1. The highest BCUT2D eigenvalue weighted by molar-refractivity contribution is 5.39. The number of hydrogen-bond acceptors (Lipinski definition) is 2. The van der Waals surface area contributed by atoms with Crippen molar-refractivity contribution in [2.24, 2.45) is 0 Å². The Kier molecular flexibility index (Phi) is 2.09. The van der Waals surface area contributed by atoms with E-state index in [1.165, 1.54) is 0 Å². The van der Waals surface area contributed by atoms with Crippen molar-refractivity contribution in [2.45, 2.75) is 26.8 Å². The number of hydrogen-bond donors (Lipinski definition) is 1. The Balaban J connectivity index is 3.35. The first-order chi connectivity index (χ1) is 5.57. The van der Waals surface area contributed by atoms with Gasteiger partial charge in [-0.05, 0) is 20.8 Å². The largest absolute Gasteiger partial charge is 0.369 e. The molecular formula is C9H13N3. The van der Waals surface area contributed by atoms with Crippen LogP contribution in [0.15, 0.2) is 0 Å². The number of anilines is 1. The fourth-order valence-electron chi connectivity index (χ4n) is 1.26. The van der Waals surface area contributed by atoms with E-state index >= 15 is 0 Å². The van der Waals surface area contributed by atoms with E-state index in [0.717, 1.165) is 11.4 Å². The predicted molar refractivity (Wildman–Crippen MR) is 49.7 cm³/mol. The SMILES string of the molecule is C#Cc1c(C)nc(N)n1C(C)C. The standard InChI is InChI=1S/C9H13N3/c1-5-8-7(4)11-9(10)12(8)6(2)3/h1,6H,2-4H3,(H2,10,11). The van der Waals surface area contributed by atoms with Gasteiger partial charge in [0.25, 0.3) is 0 Å². The van der Waals surface area contributed by atoms with Crippen LogP contribution in [-0.4, -0.2) is 9.55 Å². The lowest BCUT2D eigenvalue weighted by Crippen LogP contribution is -2.07. The van der Waals surface area contributed by atoms with E-state index < -0.39 is 0 Å². The lowest BCUT2D eigenvalue weighted by molar-refractivity contribution is 0.603. The van der Waals surface area contributed by atoms with Gasteiger partial charge in [-0.3, -0.25) is 0 Å². The molecule has 0 aromatic carbocycles. The van der Waals surface area contributed by atoms with Crippen LogP contribution in [0.25, 0.3) is 0 Å². The summed E-state index contributed by atoms with van der Waals surface area (Å²) in [5.74, 6) is 3.08. The van der Waals surface area contributed by atoms with Gasteiger partial charge in [0.2, 0.25) is 5.95 Å². The molecule has 2 N–H and O–H groups in total. The zero-order valence-electron chi connectivity index (χ0n) is 7.63. The number of nitrogens with two attached hydrogens (primary N) is 1. The second-order valence-electron chi connectivity index (χ2n) is 3.01. The molecule has 0 amide bonds. The Morgan fingerprint density at radius 1 is 1.58 bits per heavy atom. The molecule has 3 heteroatoms. The Bertz CT molecular complexity index is 328. The van der Waals surface area contributed by atoms with Crippen LogP contribution in [0.4, 0.5) is 5.95 Å². The molecule has 0 fully saturated rings. The Morgan fingerprint density at radius 3 is 2.50 bits per heavy atom. The maximum Gasteiger partial charge on any atom is 0.201 e. The lowest BCUT2D eigenvalue weighted by Gasteiger charge is -2.09. The van der Waals surface area contributed by atoms with Crippen molar-refractivity contribution in [3.63, 3.8) is 0 Å². The molecule has 0 aliphatic rings. The van der Waals surface area contributed by atoms with Gasteiger partial charge in [-0.15, -0.1) is 6.42 Å². The number of nitrogen functional groups attached to an aromatic ring is 1. The van der Waals surface area contributed by atoms with Crippen LogP contribution < -0.4 is 5.73 Å². The zero-order valence-corrected chi connectivity index (χ0v) is 7.63. The third-order valence-corrected chi connectivity index (χ3v) is 1.77. The van der Waals surface area contributed by atoms with Crippen LogP contribution in [0, 0.1) is 19.3 Å². The second-order valence-corrected chi connectivity index (χ2v) is 3.01. The summed E-state index contributed by atoms with van der Waals surface area (Å²) in [5.41, 5.74) is 7.28. The van der Waals surface area contributed by atoms with Gasteiger partial charge in [-0.1, -0.05) is 5.92 Å². The van der Waals surface area contributed by atoms with E-state index in [9.17, 15) is 0 Å². The van der Waals surface area contributed by atoms with Crippen molar-refractivity contribution in [2.75, 3.05) is 5.73 Å². The van der Waals surface area contributed by atoms with E-state index in [0.29, 0.717) is 5.95 Å². The molecule has 0 bridgehead atoms. The minimum Gasteiger partial charge on any atom is -0.369 e. The van der Waals surface area contributed by atoms with Crippen LogP contribution in [0.5, 0.6) is 0 Å². The Morgan fingerprint density at radius 2 is 2.17 bits per heavy atom. The van der Waals surface area contributed by atoms with Crippen LogP contribution in [-0.2, 0) is 0 Å². The molecule has 0 aliphatic carbocycles. The molecule has 0 saturated heterocycles. The molecule has 1 aromatic rings. The van der Waals surface area contributed by atoms with Crippen LogP contribution in [0.3, 0.4) is 0 Å². The average Bonchev–Trinajstić information content (AvgIpc) is 2.24. The summed E-state index contributed by atoms with van der Waals surface area (Å²) in [7, 11) is 0. The number of aryl methyl sites for hydroxylation is 1. The molecule has 0 atom stereocenters. The number of aromatic nitrogens is 2. The highest BCUT2D eigenvalue weighted by Gasteiger charge is 2.11. The van der Waals surface area contributed by atoms with Crippen molar-refractivity contribution in [1.29, 1.82) is 0 Å². The second kappa shape index (κ2) is 2.90. The van der Waals surface area contributed by atoms with E-state index in [1.807, 2.05) is 25.3 Å². The molecule has 64 valence electrons. The highest BCUT2D eigenvalue weighted by Crippen LogP contribution is 2.17. The molecule has 3 nitrogen and oxygen atoms in total. The van der Waals surface area contributed by atoms with Gasteiger partial charge in [-0.2, -0.15) is 0 Å². The van der Waals surface area contributed by atoms with Crippen molar-refractivity contribution < 1.29 is 0 Å². The van der Waals surface area contributed by atoms with E-state index in [1.54, 1.807) is 0 Å². The number of nitrogens with zero attached hydrogens (tertiary/aromatic N) is 2. The fraction of sp³-hybridized carbons (Fsp3) is 0.444. The first-order valence-electron chi connectivity index (χ1n) is 3.88. The monoisotopic (exact) mass is 163 g/mol. The third-order valence-electron chi connectivity index (χ3n) is 1.77. The average molecular weight is 163 g/mol. The predicted octanol–water partition coefficient (Wildman–Crippen LogP) is 1.34. The van der Waals surface area contributed by atoms with Gasteiger partial charge in [0.15, 0.2) is 0 Å². The van der Waals surface area contributed by atoms with Crippen molar-refractivity contribution in [1.82, 2.24) is 9.55 Å². The molecule has 1 heterocycles. The molecule has 0 saturated carbocycles. The van der Waals surface area contributed by atoms with Gasteiger partial charge in [0.1, 0.15) is 5.69 Å². The van der Waals surface area contributed by atoms with Gasteiger partial charge in [0.05, 0.1) is 5.69 Å². The first kappa shape index (κ1) is 8.66. The molecule has 0 spiro atoms. The number of rotatable bonds is 1. The molecule has 1 rings (SSSR count). The summed E-state index contributed by atoms with van der Waals surface area (Å²) in [6.45, 7) is 5.92. The minimum absolute atomic E-state index is 0.261. The van der Waals surface area contributed by atoms with Gasteiger partial charge in [0, 0.05) is 6.04 Å². The lowest BCUT2D eigenvalue weighted by atomic mass is 10.3. The summed E-state index contributed by atoms with van der Waals surface area (Å²) in [4.78, 5) is 4.10. The topological polar surface area (TPSA) is 43.8 Å². The smallest absolute Gasteiger partial charge is 0.201 e. The van der Waals surface area contributed by atoms with Gasteiger partial charge in [-0.25, -0.2) is 4.98 Å². The van der Waals surface area contributed by atoms with Crippen LogP contribution in [0.2, 0.25) is 0 Å². The normalized spacial score (nSPS) is 10.2. The minimum atomic E-state index is 0.261. The molecular weight excluding hydrogens is 150 g/mol. The molecule has 12 heavy (non-hydrogen) atoms. The van der Waals surface area contributed by atoms with Crippen molar-refractivity contribution >= 4 is 5.95 Å². The van der Waals surface area contributed by atoms with E-state index in [-0.39, 0.29) is 6.04 Å². The molecule has 0 aliphatic heterocycles. The molecule has 0 radical (unpaired) electrons. The Labute approximate surface area is 72.6 Å². The highest BCUT2D eigenvalue weighted by atomic mass is 15.2. The Hall–Kier alpha value is -1.43. The maximum atomic E-state index is 5.68. The summed E-state index contributed by atoms with van der Waals surface area (Å²) < 4.78 is 1.86. The first-order valence-corrected chi connectivity index (χ1v) is 3.88. The molecule has 0 unspecified atom stereocenters. The summed E-state index contributed by atoms with van der Waals surface area (Å²) in [6.07, 6.45) is 5.34. The van der Waals surface area contributed by atoms with Gasteiger partial charge >= 0.3 is 0 Å². The zero-order chi connectivity index (χ0) is 9.30. The maximum absolute atomic E-state index is 5.68. The fourth-order valence-corrected chi connectivity index (χ4v) is 1.26. The third kappa shape index (κ3) is 1.16. The summed E-state index contributed by atoms with van der Waals surface area (Å²) in [6, 6.07) is 0.261. The quantitative estimate of drug-likeness (QED) is 0.635. The summed E-state index contributed by atoms with van der Waals surface area (Å²) in [5, 5.41) is 0. The van der Waals surface area contributed by atoms with Crippen molar-refractivity contribution in [3.05, 3.63) is 11.4 Å². The molecule has 1 aromatic heterocycles. The van der Waals surface area contributed by atoms with Gasteiger partial charge < -0.3 is 10.3 Å².